The highest BCUT2D eigenvalue weighted by Crippen LogP contribution is 2.48. The molecule has 2 fully saturated rings. The summed E-state index contributed by atoms with van der Waals surface area (Å²) in [6.45, 7) is 1.81. The third-order valence-electron chi connectivity index (χ3n) is 4.81. The maximum Gasteiger partial charge on any atom is 0.319 e. The molecule has 1 aromatic rings. The molecule has 1 aliphatic heterocycles. The number of carboxylic acid groups (broad SMARTS) is 1. The largest absolute Gasteiger partial charge is 0.480 e. The van der Waals surface area contributed by atoms with E-state index in [1.165, 1.54) is 5.56 Å². The van der Waals surface area contributed by atoms with Crippen LogP contribution in [0.4, 0.5) is 0 Å². The minimum Gasteiger partial charge on any atom is -0.480 e. The minimum atomic E-state index is -1.12. The lowest BCUT2D eigenvalue weighted by molar-refractivity contribution is -0.153. The van der Waals surface area contributed by atoms with Crippen LogP contribution in [0.25, 0.3) is 0 Å². The zero-order valence-electron chi connectivity index (χ0n) is 13.2. The molecule has 1 saturated heterocycles. The summed E-state index contributed by atoms with van der Waals surface area (Å²) in [6.07, 6.45) is 3.72. The third-order valence-corrected chi connectivity index (χ3v) is 4.81. The molecule has 0 radical (unpaired) electrons. The van der Waals surface area contributed by atoms with Gasteiger partial charge in [0, 0.05) is 19.7 Å². The zero-order chi connectivity index (χ0) is 16.3. The number of carbonyl (C=O) groups is 2. The van der Waals surface area contributed by atoms with E-state index in [2.05, 4.69) is 12.1 Å². The molecule has 0 unspecified atom stereocenters. The number of nitrogens with zero attached hydrogens (tertiary/aromatic N) is 1. The number of carbonyl (C=O) groups excluding carboxylic acids is 1. The number of rotatable bonds is 7. The molecule has 5 heteroatoms. The topological polar surface area (TPSA) is 66.8 Å². The molecule has 1 amide bonds. The van der Waals surface area contributed by atoms with Crippen molar-refractivity contribution in [3.05, 3.63) is 35.9 Å². The first-order valence-electron chi connectivity index (χ1n) is 8.30. The van der Waals surface area contributed by atoms with Gasteiger partial charge in [-0.25, -0.2) is 0 Å². The van der Waals surface area contributed by atoms with Gasteiger partial charge in [-0.2, -0.15) is 0 Å². The second-order valence-corrected chi connectivity index (χ2v) is 6.51. The number of benzene rings is 1. The summed E-state index contributed by atoms with van der Waals surface area (Å²) in [5, 5.41) is 9.20. The molecule has 0 spiro atoms. The van der Waals surface area contributed by atoms with E-state index in [0.717, 1.165) is 19.3 Å². The summed E-state index contributed by atoms with van der Waals surface area (Å²) < 4.78 is 5.86. The lowest BCUT2D eigenvalue weighted by Gasteiger charge is -2.20. The quantitative estimate of drug-likeness (QED) is 0.618. The average molecular weight is 317 g/mol. The molecule has 23 heavy (non-hydrogen) atoms. The Morgan fingerprint density at radius 3 is 2.65 bits per heavy atom. The Morgan fingerprint density at radius 2 is 2.00 bits per heavy atom. The van der Waals surface area contributed by atoms with Crippen LogP contribution in [0, 0.1) is 5.41 Å². The van der Waals surface area contributed by atoms with Crippen molar-refractivity contribution >= 4 is 11.9 Å². The van der Waals surface area contributed by atoms with E-state index in [1.807, 2.05) is 18.2 Å². The lowest BCUT2D eigenvalue weighted by Crippen LogP contribution is -2.40. The molecule has 1 N–H and O–H groups in total. The molecular formula is C18H23NO4. The zero-order valence-corrected chi connectivity index (χ0v) is 13.2. The van der Waals surface area contributed by atoms with Crippen LogP contribution >= 0.6 is 0 Å². The van der Waals surface area contributed by atoms with Gasteiger partial charge in [-0.05, 0) is 37.7 Å². The van der Waals surface area contributed by atoms with Crippen LogP contribution in [0.2, 0.25) is 0 Å². The van der Waals surface area contributed by atoms with Crippen molar-refractivity contribution in [1.82, 2.24) is 4.90 Å². The average Bonchev–Trinajstić information content (AvgIpc) is 3.25. The highest BCUT2D eigenvalue weighted by atomic mass is 16.5. The molecule has 5 nitrogen and oxygen atoms in total. The van der Waals surface area contributed by atoms with Gasteiger partial charge in [0.1, 0.15) is 5.41 Å². The number of aliphatic carboxylic acids is 1. The first-order chi connectivity index (χ1) is 11.1. The fourth-order valence-corrected chi connectivity index (χ4v) is 3.17. The Bertz CT molecular complexity index is 568. The molecule has 0 aromatic heterocycles. The van der Waals surface area contributed by atoms with Crippen LogP contribution in [0.1, 0.15) is 31.2 Å². The molecule has 1 saturated carbocycles. The Labute approximate surface area is 136 Å². The third kappa shape index (κ3) is 3.55. The van der Waals surface area contributed by atoms with Gasteiger partial charge in [-0.1, -0.05) is 30.3 Å². The Hall–Kier alpha value is -1.88. The standard InChI is InChI=1S/C18H23NO4/c20-16(18(9-10-18)17(21)22)19-11-8-15(13-19)23-12-4-7-14-5-2-1-3-6-14/h1-3,5-6,15H,4,7-13H2,(H,21,22)/t15-/m1/s1. The van der Waals surface area contributed by atoms with Gasteiger partial charge in [-0.15, -0.1) is 0 Å². The fourth-order valence-electron chi connectivity index (χ4n) is 3.17. The Kier molecular flexibility index (Phi) is 4.66. The van der Waals surface area contributed by atoms with Crippen molar-refractivity contribution < 1.29 is 19.4 Å². The van der Waals surface area contributed by atoms with Gasteiger partial charge >= 0.3 is 5.97 Å². The smallest absolute Gasteiger partial charge is 0.319 e. The number of carboxylic acids is 1. The molecule has 124 valence electrons. The molecular weight excluding hydrogens is 294 g/mol. The maximum absolute atomic E-state index is 12.3. The van der Waals surface area contributed by atoms with Crippen LogP contribution in [-0.2, 0) is 20.7 Å². The predicted molar refractivity (Wildman–Crippen MR) is 85.0 cm³/mol. The number of ether oxygens (including phenoxy) is 1. The van der Waals surface area contributed by atoms with Crippen LogP contribution in [0.3, 0.4) is 0 Å². The van der Waals surface area contributed by atoms with Crippen molar-refractivity contribution in [2.45, 2.75) is 38.2 Å². The molecule has 1 aromatic carbocycles. The highest BCUT2D eigenvalue weighted by molar-refractivity contribution is 6.04. The van der Waals surface area contributed by atoms with Gasteiger partial charge < -0.3 is 14.7 Å². The molecule has 0 bridgehead atoms. The Morgan fingerprint density at radius 1 is 1.26 bits per heavy atom. The number of hydrogen-bond acceptors (Lipinski definition) is 3. The summed E-state index contributed by atoms with van der Waals surface area (Å²) in [6, 6.07) is 10.3. The summed E-state index contributed by atoms with van der Waals surface area (Å²) in [7, 11) is 0. The summed E-state index contributed by atoms with van der Waals surface area (Å²) in [5.41, 5.74) is 0.179. The van der Waals surface area contributed by atoms with E-state index >= 15 is 0 Å². The van der Waals surface area contributed by atoms with Gasteiger partial charge in [0.25, 0.3) is 0 Å². The second-order valence-electron chi connectivity index (χ2n) is 6.51. The van der Waals surface area contributed by atoms with Gasteiger partial charge in [0.05, 0.1) is 6.10 Å². The van der Waals surface area contributed by atoms with Crippen molar-refractivity contribution in [1.29, 1.82) is 0 Å². The van der Waals surface area contributed by atoms with E-state index in [9.17, 15) is 14.7 Å². The van der Waals surface area contributed by atoms with Crippen molar-refractivity contribution in [2.24, 2.45) is 5.41 Å². The number of hydrogen-bond donors (Lipinski definition) is 1. The minimum absolute atomic E-state index is 0.0410. The van der Waals surface area contributed by atoms with Crippen molar-refractivity contribution in [2.75, 3.05) is 19.7 Å². The monoisotopic (exact) mass is 317 g/mol. The molecule has 1 atom stereocenters. The normalized spacial score (nSPS) is 22.1. The molecule has 1 aliphatic carbocycles. The first-order valence-corrected chi connectivity index (χ1v) is 8.30. The molecule has 1 heterocycles. The first kappa shape index (κ1) is 16.0. The van der Waals surface area contributed by atoms with E-state index in [0.29, 0.717) is 32.5 Å². The van der Waals surface area contributed by atoms with Crippen LogP contribution in [-0.4, -0.2) is 47.7 Å². The highest BCUT2D eigenvalue weighted by Gasteiger charge is 2.59. The van der Waals surface area contributed by atoms with E-state index in [1.54, 1.807) is 4.90 Å². The number of likely N-dealkylation sites (tertiary alicyclic amines) is 1. The summed E-state index contributed by atoms with van der Waals surface area (Å²) >= 11 is 0. The van der Waals surface area contributed by atoms with Crippen LogP contribution in [0.15, 0.2) is 30.3 Å². The number of aryl methyl sites for hydroxylation is 1. The number of amides is 1. The van der Waals surface area contributed by atoms with Crippen molar-refractivity contribution in [3.8, 4) is 0 Å². The summed E-state index contributed by atoms with van der Waals surface area (Å²) in [5.74, 6) is -1.20. The fraction of sp³-hybridized carbons (Fsp3) is 0.556. The second kappa shape index (κ2) is 6.71. The van der Waals surface area contributed by atoms with Gasteiger partial charge in [0.15, 0.2) is 0 Å². The van der Waals surface area contributed by atoms with Gasteiger partial charge in [-0.3, -0.25) is 9.59 Å². The predicted octanol–water partition coefficient (Wildman–Crippen LogP) is 2.10. The molecule has 2 aliphatic rings. The van der Waals surface area contributed by atoms with Crippen LogP contribution < -0.4 is 0 Å². The Balaban J connectivity index is 1.39. The van der Waals surface area contributed by atoms with E-state index in [4.69, 9.17) is 4.74 Å². The maximum atomic E-state index is 12.3. The van der Waals surface area contributed by atoms with E-state index in [-0.39, 0.29) is 12.0 Å². The molecule has 3 rings (SSSR count). The lowest BCUT2D eigenvalue weighted by atomic mass is 10.1. The van der Waals surface area contributed by atoms with Crippen molar-refractivity contribution in [3.63, 3.8) is 0 Å². The summed E-state index contributed by atoms with van der Waals surface area (Å²) in [4.78, 5) is 25.2. The SMILES string of the molecule is O=C(O)C1(C(=O)N2CC[C@@H](OCCCc3ccccc3)C2)CC1. The van der Waals surface area contributed by atoms with Gasteiger partial charge in [0.2, 0.25) is 5.91 Å². The van der Waals surface area contributed by atoms with Crippen LogP contribution in [0.5, 0.6) is 0 Å². The van der Waals surface area contributed by atoms with E-state index < -0.39 is 11.4 Å².